The lowest BCUT2D eigenvalue weighted by Gasteiger charge is -2.15. The summed E-state index contributed by atoms with van der Waals surface area (Å²) in [4.78, 5) is 4.34. The van der Waals surface area contributed by atoms with Crippen LogP contribution >= 0.6 is 11.6 Å². The van der Waals surface area contributed by atoms with Crippen LogP contribution in [0, 0.1) is 0 Å². The minimum atomic E-state index is 0.463. The van der Waals surface area contributed by atoms with Gasteiger partial charge in [-0.3, -0.25) is 0 Å². The van der Waals surface area contributed by atoms with Gasteiger partial charge >= 0.3 is 0 Å². The van der Waals surface area contributed by atoms with E-state index in [1.54, 1.807) is 7.11 Å². The number of alkyl halides is 1. The zero-order chi connectivity index (χ0) is 11.8. The van der Waals surface area contributed by atoms with Crippen LogP contribution in [0.5, 0.6) is 5.88 Å². The highest BCUT2D eigenvalue weighted by molar-refractivity contribution is 6.17. The zero-order valence-corrected chi connectivity index (χ0v) is 10.6. The summed E-state index contributed by atoms with van der Waals surface area (Å²) in [5.41, 5.74) is 0.993. The molecule has 0 aliphatic heterocycles. The predicted octanol–water partition coefficient (Wildman–Crippen LogP) is 2.59. The molecule has 4 heteroatoms. The van der Waals surface area contributed by atoms with Gasteiger partial charge in [0.2, 0.25) is 5.88 Å². The molecule has 1 unspecified atom stereocenters. The predicted molar refractivity (Wildman–Crippen MR) is 67.0 cm³/mol. The Morgan fingerprint density at radius 1 is 1.50 bits per heavy atom. The van der Waals surface area contributed by atoms with E-state index in [4.69, 9.17) is 16.3 Å². The van der Waals surface area contributed by atoms with Crippen molar-refractivity contribution < 1.29 is 4.74 Å². The molecule has 0 amide bonds. The lowest BCUT2D eigenvalue weighted by atomic mass is 10.1. The molecule has 0 aliphatic rings. The Morgan fingerprint density at radius 3 is 2.94 bits per heavy atom. The van der Waals surface area contributed by atoms with E-state index in [9.17, 15) is 0 Å². The number of halogens is 1. The summed E-state index contributed by atoms with van der Waals surface area (Å²) < 4.78 is 5.08. The van der Waals surface area contributed by atoms with Crippen molar-refractivity contribution >= 4 is 11.6 Å². The molecule has 0 saturated heterocycles. The maximum absolute atomic E-state index is 5.73. The number of aromatic nitrogens is 1. The van der Waals surface area contributed by atoms with Crippen molar-refractivity contribution in [3.05, 3.63) is 23.9 Å². The van der Waals surface area contributed by atoms with Crippen LogP contribution in [0.1, 0.15) is 25.5 Å². The molecule has 0 aliphatic carbocycles. The molecule has 1 aromatic heterocycles. The molecule has 0 saturated carbocycles. The fourth-order valence-electron chi connectivity index (χ4n) is 1.50. The number of hydrogen-bond donors (Lipinski definition) is 1. The van der Waals surface area contributed by atoms with Crippen LogP contribution in [0.2, 0.25) is 0 Å². The van der Waals surface area contributed by atoms with Crippen molar-refractivity contribution in [2.24, 2.45) is 0 Å². The van der Waals surface area contributed by atoms with Gasteiger partial charge in [0.05, 0.1) is 12.8 Å². The number of pyridine rings is 1. The van der Waals surface area contributed by atoms with Crippen molar-refractivity contribution in [1.29, 1.82) is 0 Å². The van der Waals surface area contributed by atoms with E-state index in [0.717, 1.165) is 25.1 Å². The minimum Gasteiger partial charge on any atom is -0.481 e. The lowest BCUT2D eigenvalue weighted by Crippen LogP contribution is -2.28. The third-order valence-electron chi connectivity index (χ3n) is 2.51. The summed E-state index contributed by atoms with van der Waals surface area (Å²) in [5.74, 6) is 1.35. The first-order valence-corrected chi connectivity index (χ1v) is 6.12. The van der Waals surface area contributed by atoms with Crippen molar-refractivity contribution in [2.45, 2.75) is 32.4 Å². The summed E-state index contributed by atoms with van der Waals surface area (Å²) in [5, 5.41) is 3.44. The summed E-state index contributed by atoms with van der Waals surface area (Å²) in [7, 11) is 1.63. The Hall–Kier alpha value is -0.800. The molecule has 0 aromatic carbocycles. The number of nitrogens with zero attached hydrogens (tertiary/aromatic N) is 1. The summed E-state index contributed by atoms with van der Waals surface area (Å²) in [6.45, 7) is 2.91. The second kappa shape index (κ2) is 7.47. The van der Waals surface area contributed by atoms with Gasteiger partial charge in [-0.1, -0.05) is 13.0 Å². The molecule has 0 spiro atoms. The molecule has 1 heterocycles. The van der Waals surface area contributed by atoms with Crippen molar-refractivity contribution in [2.75, 3.05) is 13.0 Å². The molecule has 90 valence electrons. The average Bonchev–Trinajstić information content (AvgIpc) is 2.34. The van der Waals surface area contributed by atoms with Gasteiger partial charge in [0.25, 0.3) is 0 Å². The van der Waals surface area contributed by atoms with E-state index >= 15 is 0 Å². The van der Waals surface area contributed by atoms with Gasteiger partial charge in [0.1, 0.15) is 0 Å². The largest absolute Gasteiger partial charge is 0.481 e. The van der Waals surface area contributed by atoms with E-state index in [1.165, 1.54) is 0 Å². The Balaban J connectivity index is 2.46. The van der Waals surface area contributed by atoms with Crippen LogP contribution in [0.25, 0.3) is 0 Å². The lowest BCUT2D eigenvalue weighted by molar-refractivity contribution is 0.394. The van der Waals surface area contributed by atoms with E-state index in [2.05, 4.69) is 17.2 Å². The van der Waals surface area contributed by atoms with Crippen molar-refractivity contribution in [1.82, 2.24) is 10.3 Å². The Morgan fingerprint density at radius 2 is 2.31 bits per heavy atom. The summed E-state index contributed by atoms with van der Waals surface area (Å²) >= 11 is 5.73. The monoisotopic (exact) mass is 242 g/mol. The van der Waals surface area contributed by atoms with Crippen molar-refractivity contribution in [3.63, 3.8) is 0 Å². The van der Waals surface area contributed by atoms with Crippen LogP contribution in [-0.2, 0) is 6.54 Å². The van der Waals surface area contributed by atoms with E-state index < -0.39 is 0 Å². The molecular weight excluding hydrogens is 224 g/mol. The molecule has 1 atom stereocenters. The number of hydrogen-bond acceptors (Lipinski definition) is 3. The van der Waals surface area contributed by atoms with Gasteiger partial charge in [0, 0.05) is 24.5 Å². The molecule has 0 bridgehead atoms. The van der Waals surface area contributed by atoms with Crippen LogP contribution in [0.4, 0.5) is 0 Å². The molecule has 1 rings (SSSR count). The highest BCUT2D eigenvalue weighted by Gasteiger charge is 2.05. The quantitative estimate of drug-likeness (QED) is 0.747. The third kappa shape index (κ3) is 4.37. The van der Waals surface area contributed by atoms with Crippen LogP contribution in [-0.4, -0.2) is 24.0 Å². The molecular formula is C12H19ClN2O. The van der Waals surface area contributed by atoms with Crippen molar-refractivity contribution in [3.8, 4) is 5.88 Å². The van der Waals surface area contributed by atoms with Gasteiger partial charge in [-0.05, 0) is 18.9 Å². The van der Waals surface area contributed by atoms with Crippen LogP contribution in [0.3, 0.4) is 0 Å². The van der Waals surface area contributed by atoms with Gasteiger partial charge in [-0.25, -0.2) is 4.98 Å². The molecule has 16 heavy (non-hydrogen) atoms. The highest BCUT2D eigenvalue weighted by atomic mass is 35.5. The Kier molecular flexibility index (Phi) is 6.19. The second-order valence-electron chi connectivity index (χ2n) is 3.64. The smallest absolute Gasteiger partial charge is 0.213 e. The first-order chi connectivity index (χ1) is 7.80. The highest BCUT2D eigenvalue weighted by Crippen LogP contribution is 2.07. The van der Waals surface area contributed by atoms with Gasteiger partial charge in [0.15, 0.2) is 0 Å². The topological polar surface area (TPSA) is 34.1 Å². The van der Waals surface area contributed by atoms with E-state index in [0.29, 0.717) is 17.8 Å². The molecule has 3 nitrogen and oxygen atoms in total. The number of methoxy groups -OCH3 is 1. The Labute approximate surface area is 102 Å². The van der Waals surface area contributed by atoms with Gasteiger partial charge in [-0.2, -0.15) is 0 Å². The number of rotatable bonds is 7. The summed E-state index contributed by atoms with van der Waals surface area (Å²) in [6, 6.07) is 6.25. The third-order valence-corrected chi connectivity index (χ3v) is 2.73. The maximum Gasteiger partial charge on any atom is 0.213 e. The van der Waals surface area contributed by atoms with Crippen LogP contribution < -0.4 is 10.1 Å². The molecule has 1 aromatic rings. The average molecular weight is 243 g/mol. The standard InChI is InChI=1S/C12H19ClN2O/c1-3-10(7-8-13)14-9-11-5-4-6-12(15-11)16-2/h4-6,10,14H,3,7-9H2,1-2H3. The first-order valence-electron chi connectivity index (χ1n) is 5.59. The van der Waals surface area contributed by atoms with Gasteiger partial charge in [-0.15, -0.1) is 11.6 Å². The minimum absolute atomic E-state index is 0.463. The normalized spacial score (nSPS) is 12.4. The van der Waals surface area contributed by atoms with Gasteiger partial charge < -0.3 is 10.1 Å². The first kappa shape index (κ1) is 13.3. The van der Waals surface area contributed by atoms with E-state index in [1.807, 2.05) is 18.2 Å². The Bertz CT molecular complexity index is 307. The fourth-order valence-corrected chi connectivity index (χ4v) is 1.76. The molecule has 1 N–H and O–H groups in total. The maximum atomic E-state index is 5.73. The SMILES string of the molecule is CCC(CCCl)NCc1cccc(OC)n1. The fraction of sp³-hybridized carbons (Fsp3) is 0.583. The summed E-state index contributed by atoms with van der Waals surface area (Å²) in [6.07, 6.45) is 2.07. The van der Waals surface area contributed by atoms with Crippen LogP contribution in [0.15, 0.2) is 18.2 Å². The number of ether oxygens (including phenoxy) is 1. The number of nitrogens with one attached hydrogen (secondary N) is 1. The molecule has 0 fully saturated rings. The zero-order valence-electron chi connectivity index (χ0n) is 9.87. The molecule has 0 radical (unpaired) electrons. The van der Waals surface area contributed by atoms with E-state index in [-0.39, 0.29) is 0 Å². The second-order valence-corrected chi connectivity index (χ2v) is 4.01.